The molecule has 0 aromatic carbocycles. The number of hydrogen-bond acceptors (Lipinski definition) is 2. The molecule has 0 spiro atoms. The van der Waals surface area contributed by atoms with Crippen molar-refractivity contribution in [1.82, 2.24) is 0 Å². The van der Waals surface area contributed by atoms with Crippen LogP contribution in [-0.2, 0) is 9.47 Å². The van der Waals surface area contributed by atoms with Gasteiger partial charge in [-0.2, -0.15) is 0 Å². The van der Waals surface area contributed by atoms with Crippen molar-refractivity contribution in [1.29, 1.82) is 0 Å². The molecule has 2 heteroatoms. The maximum absolute atomic E-state index is 5.75. The molecule has 0 heterocycles. The van der Waals surface area contributed by atoms with Gasteiger partial charge in [-0.3, -0.25) is 0 Å². The van der Waals surface area contributed by atoms with Gasteiger partial charge in [0.05, 0.1) is 0 Å². The maximum Gasteiger partial charge on any atom is 0.164 e. The highest BCUT2D eigenvalue weighted by Crippen LogP contribution is 2.23. The lowest BCUT2D eigenvalue weighted by molar-refractivity contribution is -0.179. The van der Waals surface area contributed by atoms with E-state index in [2.05, 4.69) is 58.3 Å². The van der Waals surface area contributed by atoms with Gasteiger partial charge in [-0.25, -0.2) is 0 Å². The molecule has 0 unspecified atom stereocenters. The van der Waals surface area contributed by atoms with Crippen molar-refractivity contribution in [2.75, 3.05) is 13.2 Å². The van der Waals surface area contributed by atoms with Crippen LogP contribution < -0.4 is 0 Å². The first-order chi connectivity index (χ1) is 10.0. The molecule has 2 nitrogen and oxygen atoms in total. The highest BCUT2D eigenvalue weighted by molar-refractivity contribution is 5.00. The molecule has 0 aliphatic heterocycles. The first-order valence-corrected chi connectivity index (χ1v) is 8.17. The van der Waals surface area contributed by atoms with Crippen molar-refractivity contribution in [3.05, 3.63) is 0 Å². The molecule has 0 rings (SSSR count). The zero-order valence-electron chi connectivity index (χ0n) is 14.6. The van der Waals surface area contributed by atoms with Gasteiger partial charge < -0.3 is 9.47 Å². The van der Waals surface area contributed by atoms with Gasteiger partial charge in [-0.05, 0) is 12.8 Å². The molecule has 0 amide bonds. The van der Waals surface area contributed by atoms with Crippen LogP contribution in [0, 0.1) is 29.1 Å². The van der Waals surface area contributed by atoms with Gasteiger partial charge >= 0.3 is 0 Å². The fourth-order valence-corrected chi connectivity index (χ4v) is 1.59. The topological polar surface area (TPSA) is 18.5 Å². The molecule has 0 fully saturated rings. The highest BCUT2D eigenvalue weighted by Gasteiger charge is 2.25. The molecule has 0 saturated carbocycles. The Hall–Kier alpha value is -0.960. The van der Waals surface area contributed by atoms with Crippen molar-refractivity contribution >= 4 is 0 Å². The molecular formula is C19H32O2. The van der Waals surface area contributed by atoms with Gasteiger partial charge in [0.15, 0.2) is 6.29 Å². The van der Waals surface area contributed by atoms with E-state index in [4.69, 9.17) is 9.47 Å². The molecule has 21 heavy (non-hydrogen) atoms. The summed E-state index contributed by atoms with van der Waals surface area (Å²) in [7, 11) is 0. The first kappa shape index (κ1) is 20.0. The molecule has 0 saturated heterocycles. The standard InChI is InChI=1S/C19H32O2/c1-6-8-10-12-14-16-20-18(19(3,4)5)21-17-15-13-11-9-7-2/h18H,6-11,16-17H2,1-5H3. The Kier molecular flexibility index (Phi) is 12.2. The second-order valence-electron chi connectivity index (χ2n) is 6.23. The van der Waals surface area contributed by atoms with Crippen LogP contribution in [-0.4, -0.2) is 19.5 Å². The molecule has 120 valence electrons. The molecule has 0 aromatic rings. The Morgan fingerprint density at radius 2 is 1.19 bits per heavy atom. The van der Waals surface area contributed by atoms with Crippen LogP contribution >= 0.6 is 0 Å². The molecule has 0 N–H and O–H groups in total. The van der Waals surface area contributed by atoms with Crippen LogP contribution in [0.2, 0.25) is 0 Å². The van der Waals surface area contributed by atoms with Crippen LogP contribution in [0.25, 0.3) is 0 Å². The number of ether oxygens (including phenoxy) is 2. The lowest BCUT2D eigenvalue weighted by atomic mass is 9.96. The molecule has 0 bridgehead atoms. The fraction of sp³-hybridized carbons (Fsp3) is 0.789. The quantitative estimate of drug-likeness (QED) is 0.364. The summed E-state index contributed by atoms with van der Waals surface area (Å²) < 4.78 is 11.5. The van der Waals surface area contributed by atoms with Gasteiger partial charge in [0, 0.05) is 18.3 Å². The van der Waals surface area contributed by atoms with Crippen LogP contribution in [0.3, 0.4) is 0 Å². The van der Waals surface area contributed by atoms with Crippen molar-refractivity contribution in [3.63, 3.8) is 0 Å². The summed E-state index contributed by atoms with van der Waals surface area (Å²) in [4.78, 5) is 0. The van der Waals surface area contributed by atoms with E-state index in [0.29, 0.717) is 13.2 Å². The van der Waals surface area contributed by atoms with E-state index >= 15 is 0 Å². The minimum Gasteiger partial charge on any atom is -0.339 e. The van der Waals surface area contributed by atoms with E-state index in [1.165, 1.54) is 12.8 Å². The van der Waals surface area contributed by atoms with Crippen LogP contribution in [0.1, 0.15) is 73.1 Å². The lowest BCUT2D eigenvalue weighted by Gasteiger charge is -2.29. The first-order valence-electron chi connectivity index (χ1n) is 8.17. The average molecular weight is 292 g/mol. The van der Waals surface area contributed by atoms with E-state index in [-0.39, 0.29) is 11.7 Å². The molecule has 0 atom stereocenters. The average Bonchev–Trinajstić information content (AvgIpc) is 2.42. The lowest BCUT2D eigenvalue weighted by Crippen LogP contribution is -2.32. The third-order valence-corrected chi connectivity index (χ3v) is 2.88. The molecule has 0 aliphatic rings. The minimum atomic E-state index is -0.265. The number of hydrogen-bond donors (Lipinski definition) is 0. The summed E-state index contributed by atoms with van der Waals surface area (Å²) >= 11 is 0. The van der Waals surface area contributed by atoms with E-state index in [9.17, 15) is 0 Å². The summed E-state index contributed by atoms with van der Waals surface area (Å²) in [6.45, 7) is 11.5. The smallest absolute Gasteiger partial charge is 0.164 e. The normalized spacial score (nSPS) is 10.8. The van der Waals surface area contributed by atoms with E-state index in [1.807, 2.05) is 0 Å². The Morgan fingerprint density at radius 3 is 1.52 bits per heavy atom. The third kappa shape index (κ3) is 12.5. The van der Waals surface area contributed by atoms with Crippen LogP contribution in [0.5, 0.6) is 0 Å². The van der Waals surface area contributed by atoms with Crippen LogP contribution in [0.4, 0.5) is 0 Å². The largest absolute Gasteiger partial charge is 0.339 e. The van der Waals surface area contributed by atoms with Gasteiger partial charge in [-0.15, -0.1) is 11.8 Å². The summed E-state index contributed by atoms with van der Waals surface area (Å²) in [6.07, 6.45) is 6.30. The van der Waals surface area contributed by atoms with Crippen molar-refractivity contribution in [2.24, 2.45) is 5.41 Å². The predicted molar refractivity (Wildman–Crippen MR) is 89.7 cm³/mol. The van der Waals surface area contributed by atoms with Crippen molar-refractivity contribution in [2.45, 2.75) is 79.4 Å². The van der Waals surface area contributed by atoms with Crippen molar-refractivity contribution in [3.8, 4) is 23.7 Å². The van der Waals surface area contributed by atoms with E-state index in [0.717, 1.165) is 25.7 Å². The van der Waals surface area contributed by atoms with E-state index < -0.39 is 0 Å². The Morgan fingerprint density at radius 1 is 0.762 bits per heavy atom. The SMILES string of the molecule is CCCCC#CCOC(OCC#CCCCC)C(C)(C)C. The second-order valence-corrected chi connectivity index (χ2v) is 6.23. The molecular weight excluding hydrogens is 260 g/mol. The molecule has 0 aromatic heterocycles. The minimum absolute atomic E-state index is 0.0732. The van der Waals surface area contributed by atoms with Gasteiger partial charge in [0.1, 0.15) is 13.2 Å². The summed E-state index contributed by atoms with van der Waals surface area (Å²) in [6, 6.07) is 0. The monoisotopic (exact) mass is 292 g/mol. The highest BCUT2D eigenvalue weighted by atomic mass is 16.7. The van der Waals surface area contributed by atoms with Gasteiger partial charge in [-0.1, -0.05) is 59.3 Å². The molecule has 0 aliphatic carbocycles. The third-order valence-electron chi connectivity index (χ3n) is 2.88. The number of unbranched alkanes of at least 4 members (excludes halogenated alkanes) is 4. The maximum atomic E-state index is 5.75. The fourth-order valence-electron chi connectivity index (χ4n) is 1.59. The summed E-state index contributed by atoms with van der Waals surface area (Å²) in [5, 5.41) is 0. The Labute approximate surface area is 132 Å². The Bertz CT molecular complexity index is 327. The van der Waals surface area contributed by atoms with Gasteiger partial charge in [0.2, 0.25) is 0 Å². The zero-order valence-corrected chi connectivity index (χ0v) is 14.6. The van der Waals surface area contributed by atoms with Gasteiger partial charge in [0.25, 0.3) is 0 Å². The molecule has 0 radical (unpaired) electrons. The van der Waals surface area contributed by atoms with Crippen LogP contribution in [0.15, 0.2) is 0 Å². The predicted octanol–water partition coefficient (Wildman–Crippen LogP) is 4.78. The van der Waals surface area contributed by atoms with Crippen molar-refractivity contribution < 1.29 is 9.47 Å². The second kappa shape index (κ2) is 12.8. The Balaban J connectivity index is 4.08. The number of rotatable bonds is 8. The summed E-state index contributed by atoms with van der Waals surface area (Å²) in [5.41, 5.74) is -0.0732. The zero-order chi connectivity index (χ0) is 16.0. The van der Waals surface area contributed by atoms with E-state index in [1.54, 1.807) is 0 Å². The summed E-state index contributed by atoms with van der Waals surface area (Å²) in [5.74, 6) is 12.4.